The molecule has 10 heteroatoms. The van der Waals surface area contributed by atoms with Crippen LogP contribution in [0.3, 0.4) is 0 Å². The third-order valence-corrected chi connectivity index (χ3v) is 8.29. The summed E-state index contributed by atoms with van der Waals surface area (Å²) in [6.45, 7) is 3.79. The zero-order valence-corrected chi connectivity index (χ0v) is 25.2. The van der Waals surface area contributed by atoms with Crippen molar-refractivity contribution in [2.24, 2.45) is 11.8 Å². The highest BCUT2D eigenvalue weighted by Crippen LogP contribution is 2.29. The Kier molecular flexibility index (Phi) is 10.8. The molecule has 0 bridgehead atoms. The number of amides is 2. The summed E-state index contributed by atoms with van der Waals surface area (Å²) in [6, 6.07) is 13.5. The molecule has 3 aromatic rings. The Morgan fingerprint density at radius 3 is 2.51 bits per heavy atom. The number of carbonyl (C=O) groups excluding carboxylic acids is 2. The van der Waals surface area contributed by atoms with E-state index in [4.69, 9.17) is 19.2 Å². The molecule has 2 amide bonds. The van der Waals surface area contributed by atoms with Gasteiger partial charge in [0.2, 0.25) is 5.88 Å². The van der Waals surface area contributed by atoms with Gasteiger partial charge in [-0.25, -0.2) is 14.8 Å². The van der Waals surface area contributed by atoms with Crippen LogP contribution in [0.5, 0.6) is 5.88 Å². The summed E-state index contributed by atoms with van der Waals surface area (Å²) in [5.41, 5.74) is 2.88. The largest absolute Gasteiger partial charge is 0.476 e. The van der Waals surface area contributed by atoms with Crippen LogP contribution in [0.2, 0.25) is 0 Å². The molecule has 5 rings (SSSR count). The average Bonchev–Trinajstić information content (AvgIpc) is 3.03. The molecule has 43 heavy (non-hydrogen) atoms. The maximum absolute atomic E-state index is 13.5. The molecule has 0 atom stereocenters. The highest BCUT2D eigenvalue weighted by molar-refractivity contribution is 6.07. The van der Waals surface area contributed by atoms with Crippen LogP contribution < -0.4 is 15.4 Å². The van der Waals surface area contributed by atoms with Gasteiger partial charge in [-0.05, 0) is 82.7 Å². The van der Waals surface area contributed by atoms with Crippen LogP contribution in [0.1, 0.15) is 48.9 Å². The molecule has 1 saturated carbocycles. The summed E-state index contributed by atoms with van der Waals surface area (Å²) in [4.78, 5) is 36.9. The first-order valence-electron chi connectivity index (χ1n) is 15.4. The van der Waals surface area contributed by atoms with Crippen LogP contribution in [0.15, 0.2) is 48.7 Å². The Morgan fingerprint density at radius 1 is 1.00 bits per heavy atom. The van der Waals surface area contributed by atoms with Gasteiger partial charge in [0.25, 0.3) is 5.91 Å². The second-order valence-corrected chi connectivity index (χ2v) is 11.8. The topological polar surface area (TPSA) is 115 Å². The van der Waals surface area contributed by atoms with E-state index < -0.39 is 0 Å². The second kappa shape index (κ2) is 15.1. The van der Waals surface area contributed by atoms with Crippen molar-refractivity contribution in [3.8, 4) is 17.1 Å². The molecule has 230 valence electrons. The van der Waals surface area contributed by atoms with Gasteiger partial charge in [0.05, 0.1) is 23.4 Å². The molecular weight excluding hydrogens is 546 g/mol. The summed E-state index contributed by atoms with van der Waals surface area (Å²) >= 11 is 0. The molecule has 1 aliphatic carbocycles. The van der Waals surface area contributed by atoms with Crippen LogP contribution in [-0.2, 0) is 9.47 Å². The highest BCUT2D eigenvalue weighted by atomic mass is 16.5. The van der Waals surface area contributed by atoms with Crippen molar-refractivity contribution in [3.63, 3.8) is 0 Å². The number of nitrogens with zero attached hydrogens (tertiary/aromatic N) is 3. The predicted octanol–water partition coefficient (Wildman–Crippen LogP) is 4.68. The summed E-state index contributed by atoms with van der Waals surface area (Å²) < 4.78 is 16.6. The summed E-state index contributed by atoms with van der Waals surface area (Å²) in [5.74, 6) is 1.21. The van der Waals surface area contributed by atoms with E-state index >= 15 is 0 Å². The fourth-order valence-electron chi connectivity index (χ4n) is 5.64. The minimum atomic E-state index is -0.328. The number of rotatable bonds is 11. The SMILES string of the molecule is CN(C)CCOc1ccc(-c2cc(C(=O)NCC3CCC(COC(=O)NC4CCOCC4)CC3)c3ccccc3n2)cn1. The van der Waals surface area contributed by atoms with E-state index in [1.54, 1.807) is 6.20 Å². The lowest BCUT2D eigenvalue weighted by Gasteiger charge is -2.29. The minimum Gasteiger partial charge on any atom is -0.476 e. The smallest absolute Gasteiger partial charge is 0.407 e. The van der Waals surface area contributed by atoms with Gasteiger partial charge in [0, 0.05) is 55.6 Å². The third-order valence-electron chi connectivity index (χ3n) is 8.29. The molecule has 0 unspecified atom stereocenters. The molecule has 2 N–H and O–H groups in total. The fourth-order valence-corrected chi connectivity index (χ4v) is 5.64. The van der Waals surface area contributed by atoms with Gasteiger partial charge in [-0.3, -0.25) is 4.79 Å². The first-order valence-corrected chi connectivity index (χ1v) is 15.4. The van der Waals surface area contributed by atoms with E-state index in [-0.39, 0.29) is 18.0 Å². The van der Waals surface area contributed by atoms with E-state index in [2.05, 4.69) is 20.5 Å². The number of para-hydroxylation sites is 1. The number of alkyl carbamates (subject to hydrolysis) is 1. The molecule has 10 nitrogen and oxygen atoms in total. The standard InChI is InChI=1S/C33H43N5O5/c1-38(2)15-18-42-31-12-11-25(21-34-31)30-19-28(27-5-3-4-6-29(27)37-30)32(39)35-20-23-7-9-24(10-8-23)22-43-33(40)36-26-13-16-41-17-14-26/h3-6,11-12,19,21,23-24,26H,7-10,13-18,20,22H2,1-2H3,(H,35,39)(H,36,40). The van der Waals surface area contributed by atoms with Gasteiger partial charge in [-0.2, -0.15) is 0 Å². The van der Waals surface area contributed by atoms with Crippen molar-refractivity contribution >= 4 is 22.9 Å². The van der Waals surface area contributed by atoms with Gasteiger partial charge in [0.1, 0.15) is 6.61 Å². The number of nitrogens with one attached hydrogen (secondary N) is 2. The normalized spacial score (nSPS) is 19.2. The number of hydrogen-bond donors (Lipinski definition) is 2. The van der Waals surface area contributed by atoms with Crippen LogP contribution in [0, 0.1) is 11.8 Å². The number of ether oxygens (including phenoxy) is 3. The molecule has 1 aliphatic heterocycles. The summed E-state index contributed by atoms with van der Waals surface area (Å²) in [5, 5.41) is 6.95. The zero-order chi connectivity index (χ0) is 30.0. The van der Waals surface area contributed by atoms with Crippen molar-refractivity contribution in [2.75, 3.05) is 53.6 Å². The fraction of sp³-hybridized carbons (Fsp3) is 0.515. The Hall–Kier alpha value is -3.76. The summed E-state index contributed by atoms with van der Waals surface area (Å²) in [7, 11) is 4.00. The molecule has 0 spiro atoms. The number of likely N-dealkylation sites (N-methyl/N-ethyl adjacent to an activating group) is 1. The van der Waals surface area contributed by atoms with E-state index in [1.807, 2.05) is 56.6 Å². The van der Waals surface area contributed by atoms with Gasteiger partial charge in [-0.1, -0.05) is 18.2 Å². The Labute approximate surface area is 253 Å². The molecule has 2 aromatic heterocycles. The quantitative estimate of drug-likeness (QED) is 0.332. The average molecular weight is 590 g/mol. The number of fused-ring (bicyclic) bond motifs is 1. The predicted molar refractivity (Wildman–Crippen MR) is 165 cm³/mol. The van der Waals surface area contributed by atoms with Crippen molar-refractivity contribution < 1.29 is 23.8 Å². The maximum Gasteiger partial charge on any atom is 0.407 e. The minimum absolute atomic E-state index is 0.105. The molecule has 3 heterocycles. The Balaban J connectivity index is 1.13. The first kappa shape index (κ1) is 30.7. The van der Waals surface area contributed by atoms with Gasteiger partial charge in [0.15, 0.2) is 0 Å². The highest BCUT2D eigenvalue weighted by Gasteiger charge is 2.24. The zero-order valence-electron chi connectivity index (χ0n) is 25.2. The monoisotopic (exact) mass is 589 g/mol. The maximum atomic E-state index is 13.5. The molecular formula is C33H43N5O5. The molecule has 0 radical (unpaired) electrons. The van der Waals surface area contributed by atoms with Gasteiger partial charge < -0.3 is 29.7 Å². The number of hydrogen-bond acceptors (Lipinski definition) is 8. The number of aromatic nitrogens is 2. The van der Waals surface area contributed by atoms with Crippen molar-refractivity contribution in [3.05, 3.63) is 54.2 Å². The lowest BCUT2D eigenvalue weighted by atomic mass is 9.82. The van der Waals surface area contributed by atoms with Gasteiger partial charge in [-0.15, -0.1) is 0 Å². The molecule has 1 aromatic carbocycles. The molecule has 1 saturated heterocycles. The second-order valence-electron chi connectivity index (χ2n) is 11.8. The molecule has 2 aliphatic rings. The van der Waals surface area contributed by atoms with E-state index in [0.717, 1.165) is 61.5 Å². The Morgan fingerprint density at radius 2 is 1.77 bits per heavy atom. The van der Waals surface area contributed by atoms with Crippen molar-refractivity contribution in [1.29, 1.82) is 0 Å². The van der Waals surface area contributed by atoms with Crippen molar-refractivity contribution in [2.45, 2.75) is 44.6 Å². The lowest BCUT2D eigenvalue weighted by molar-refractivity contribution is 0.0685. The van der Waals surface area contributed by atoms with E-state index in [0.29, 0.717) is 61.9 Å². The number of carbonyl (C=O) groups is 2. The third kappa shape index (κ3) is 8.87. The number of benzene rings is 1. The Bertz CT molecular complexity index is 1350. The lowest BCUT2D eigenvalue weighted by Crippen LogP contribution is -2.40. The van der Waals surface area contributed by atoms with Crippen LogP contribution >= 0.6 is 0 Å². The number of pyridine rings is 2. The molecule has 2 fully saturated rings. The first-order chi connectivity index (χ1) is 20.9. The van der Waals surface area contributed by atoms with Crippen molar-refractivity contribution in [1.82, 2.24) is 25.5 Å². The van der Waals surface area contributed by atoms with Crippen LogP contribution in [0.25, 0.3) is 22.2 Å². The van der Waals surface area contributed by atoms with E-state index in [9.17, 15) is 9.59 Å². The van der Waals surface area contributed by atoms with Crippen LogP contribution in [-0.4, -0.2) is 86.5 Å². The summed E-state index contributed by atoms with van der Waals surface area (Å²) in [6.07, 6.45) is 7.02. The van der Waals surface area contributed by atoms with Gasteiger partial charge >= 0.3 is 6.09 Å². The van der Waals surface area contributed by atoms with Crippen LogP contribution in [0.4, 0.5) is 4.79 Å². The van der Waals surface area contributed by atoms with E-state index in [1.165, 1.54) is 0 Å².